The van der Waals surface area contributed by atoms with Gasteiger partial charge >= 0.3 is 5.84 Å². The van der Waals surface area contributed by atoms with Gasteiger partial charge in [-0.05, 0) is 84.4 Å². The molecule has 0 saturated heterocycles. The molecule has 0 bridgehead atoms. The Morgan fingerprint density at radius 1 is 0.564 bits per heavy atom. The SMILES string of the molecule is Brc1ccccc1N(Cc1ccccc1)C1=NC(=[N+](Cc2ccccc2)c2ccccc2Br)c2ccccc21. The molecule has 0 saturated carbocycles. The molecule has 190 valence electrons. The van der Waals surface area contributed by atoms with Gasteiger partial charge in [0.25, 0.3) is 5.84 Å². The zero-order chi connectivity index (χ0) is 26.6. The van der Waals surface area contributed by atoms with E-state index in [1.807, 2.05) is 12.1 Å². The van der Waals surface area contributed by atoms with Gasteiger partial charge in [-0.3, -0.25) is 4.90 Å². The predicted octanol–water partition coefficient (Wildman–Crippen LogP) is 8.97. The molecular weight excluding hydrogens is 610 g/mol. The molecule has 0 fully saturated rings. The Bertz CT molecular complexity index is 1680. The topological polar surface area (TPSA) is 18.6 Å². The minimum atomic E-state index is 0.692. The van der Waals surface area contributed by atoms with E-state index in [0.717, 1.165) is 43.1 Å². The van der Waals surface area contributed by atoms with Gasteiger partial charge in [-0.25, -0.2) is 4.58 Å². The molecule has 5 heteroatoms. The molecule has 3 nitrogen and oxygen atoms in total. The summed E-state index contributed by atoms with van der Waals surface area (Å²) in [6.45, 7) is 1.38. The van der Waals surface area contributed by atoms with Crippen LogP contribution in [0.4, 0.5) is 11.4 Å². The molecule has 0 atom stereocenters. The smallest absolute Gasteiger partial charge is 0.300 e. The highest BCUT2D eigenvalue weighted by Gasteiger charge is 2.37. The first-order valence-electron chi connectivity index (χ1n) is 12.9. The minimum Gasteiger partial charge on any atom is -0.300 e. The summed E-state index contributed by atoms with van der Waals surface area (Å²) in [6, 6.07) is 46.4. The maximum absolute atomic E-state index is 5.43. The third-order valence-corrected chi connectivity index (χ3v) is 8.13. The molecule has 1 heterocycles. The van der Waals surface area contributed by atoms with Crippen molar-refractivity contribution < 1.29 is 4.58 Å². The van der Waals surface area contributed by atoms with Crippen molar-refractivity contribution in [3.05, 3.63) is 165 Å². The quantitative estimate of drug-likeness (QED) is 0.170. The number of anilines is 1. The van der Waals surface area contributed by atoms with Crippen LogP contribution in [0.5, 0.6) is 0 Å². The van der Waals surface area contributed by atoms with Crippen LogP contribution in [0, 0.1) is 0 Å². The van der Waals surface area contributed by atoms with E-state index in [-0.39, 0.29) is 0 Å². The standard InChI is InChI=1S/C34H26Br2N3/c35-29-19-9-11-21-31(29)38(23-25-13-3-1-4-14-25)33-27-17-7-8-18-28(27)34(37-33)39(24-26-15-5-2-6-16-26)32-22-12-10-20-30(32)36/h1-22H,23-24H2/q+1. The van der Waals surface area contributed by atoms with Crippen LogP contribution in [-0.2, 0) is 13.1 Å². The highest BCUT2D eigenvalue weighted by Crippen LogP contribution is 2.34. The number of hydrogen-bond acceptors (Lipinski definition) is 1. The Kier molecular flexibility index (Phi) is 7.53. The van der Waals surface area contributed by atoms with Crippen LogP contribution < -0.4 is 4.90 Å². The highest BCUT2D eigenvalue weighted by molar-refractivity contribution is 9.11. The van der Waals surface area contributed by atoms with Gasteiger partial charge in [0.2, 0.25) is 0 Å². The summed E-state index contributed by atoms with van der Waals surface area (Å²) in [6.07, 6.45) is 0. The van der Waals surface area contributed by atoms with Crippen molar-refractivity contribution in [2.45, 2.75) is 13.1 Å². The molecule has 6 rings (SSSR count). The van der Waals surface area contributed by atoms with Crippen LogP contribution in [-0.4, -0.2) is 16.2 Å². The molecule has 0 aromatic heterocycles. The van der Waals surface area contributed by atoms with E-state index < -0.39 is 0 Å². The molecule has 1 aliphatic heterocycles. The van der Waals surface area contributed by atoms with Crippen molar-refractivity contribution in [3.63, 3.8) is 0 Å². The third-order valence-electron chi connectivity index (χ3n) is 6.79. The molecular formula is C34H26Br2N3+. The Hall–Kier alpha value is -3.80. The van der Waals surface area contributed by atoms with Crippen LogP contribution in [0.2, 0.25) is 0 Å². The number of hydrogen-bond donors (Lipinski definition) is 0. The summed E-state index contributed by atoms with van der Waals surface area (Å²) in [5, 5.41) is 0. The molecule has 0 amide bonds. The molecule has 5 aromatic rings. The number of benzene rings is 5. The fourth-order valence-corrected chi connectivity index (χ4v) is 5.92. The van der Waals surface area contributed by atoms with E-state index in [1.165, 1.54) is 11.1 Å². The summed E-state index contributed by atoms with van der Waals surface area (Å²) in [7, 11) is 0. The summed E-state index contributed by atoms with van der Waals surface area (Å²) < 4.78 is 4.37. The first-order chi connectivity index (χ1) is 19.2. The van der Waals surface area contributed by atoms with Crippen LogP contribution in [0.15, 0.2) is 147 Å². The van der Waals surface area contributed by atoms with E-state index in [1.54, 1.807) is 0 Å². The lowest BCUT2D eigenvalue weighted by Gasteiger charge is -2.23. The molecule has 0 aliphatic carbocycles. The zero-order valence-electron chi connectivity index (χ0n) is 21.2. The van der Waals surface area contributed by atoms with Gasteiger partial charge in [-0.1, -0.05) is 97.1 Å². The van der Waals surface area contributed by atoms with Crippen LogP contribution >= 0.6 is 31.9 Å². The van der Waals surface area contributed by atoms with Crippen LogP contribution in [0.25, 0.3) is 0 Å². The fourth-order valence-electron chi connectivity index (χ4n) is 4.93. The lowest BCUT2D eigenvalue weighted by Crippen LogP contribution is -2.30. The maximum atomic E-state index is 5.43. The van der Waals surface area contributed by atoms with Gasteiger partial charge in [0.15, 0.2) is 0 Å². The highest BCUT2D eigenvalue weighted by atomic mass is 79.9. The fraction of sp³-hybridized carbons (Fsp3) is 0.0588. The second-order valence-electron chi connectivity index (χ2n) is 9.35. The summed E-state index contributed by atoms with van der Waals surface area (Å²) in [4.78, 5) is 7.74. The summed E-state index contributed by atoms with van der Waals surface area (Å²) in [5.41, 5.74) is 6.81. The van der Waals surface area contributed by atoms with Gasteiger partial charge in [-0.15, -0.1) is 0 Å². The van der Waals surface area contributed by atoms with Crippen molar-refractivity contribution >= 4 is 54.9 Å². The lowest BCUT2D eigenvalue weighted by molar-refractivity contribution is -0.459. The number of aliphatic imine (C=N–C) groups is 1. The Balaban J connectivity index is 1.58. The van der Waals surface area contributed by atoms with Crippen molar-refractivity contribution in [2.24, 2.45) is 4.99 Å². The molecule has 5 aromatic carbocycles. The second kappa shape index (κ2) is 11.5. The van der Waals surface area contributed by atoms with E-state index in [9.17, 15) is 0 Å². The zero-order valence-corrected chi connectivity index (χ0v) is 24.4. The van der Waals surface area contributed by atoms with Gasteiger partial charge in [0, 0.05) is 4.47 Å². The number of fused-ring (bicyclic) bond motifs is 1. The first-order valence-corrected chi connectivity index (χ1v) is 14.4. The van der Waals surface area contributed by atoms with E-state index in [0.29, 0.717) is 13.1 Å². The maximum Gasteiger partial charge on any atom is 0.334 e. The second-order valence-corrected chi connectivity index (χ2v) is 11.1. The van der Waals surface area contributed by atoms with Gasteiger partial charge in [0.05, 0.1) is 27.8 Å². The molecule has 0 unspecified atom stereocenters. The Morgan fingerprint density at radius 2 is 1.13 bits per heavy atom. The number of para-hydroxylation sites is 2. The molecule has 0 spiro atoms. The molecule has 1 aliphatic rings. The largest absolute Gasteiger partial charge is 0.334 e. The minimum absolute atomic E-state index is 0.692. The number of halogens is 2. The summed E-state index contributed by atoms with van der Waals surface area (Å²) in [5.74, 6) is 1.86. The predicted molar refractivity (Wildman–Crippen MR) is 168 cm³/mol. The van der Waals surface area contributed by atoms with Crippen molar-refractivity contribution in [3.8, 4) is 0 Å². The normalized spacial score (nSPS) is 13.5. The monoisotopic (exact) mass is 634 g/mol. The molecule has 39 heavy (non-hydrogen) atoms. The number of amidine groups is 2. The van der Waals surface area contributed by atoms with E-state index >= 15 is 0 Å². The van der Waals surface area contributed by atoms with E-state index in [2.05, 4.69) is 163 Å². The van der Waals surface area contributed by atoms with Gasteiger partial charge in [-0.2, -0.15) is 0 Å². The van der Waals surface area contributed by atoms with Crippen LogP contribution in [0.1, 0.15) is 22.3 Å². The third kappa shape index (κ3) is 5.38. The average Bonchev–Trinajstić information content (AvgIpc) is 3.36. The first kappa shape index (κ1) is 25.5. The van der Waals surface area contributed by atoms with Crippen LogP contribution in [0.3, 0.4) is 0 Å². The van der Waals surface area contributed by atoms with Gasteiger partial charge in [0.1, 0.15) is 12.2 Å². The Morgan fingerprint density at radius 3 is 1.82 bits per heavy atom. The van der Waals surface area contributed by atoms with Crippen molar-refractivity contribution in [1.29, 1.82) is 0 Å². The average molecular weight is 636 g/mol. The lowest BCUT2D eigenvalue weighted by atomic mass is 10.1. The van der Waals surface area contributed by atoms with Crippen molar-refractivity contribution in [2.75, 3.05) is 4.90 Å². The molecule has 0 N–H and O–H groups in total. The number of nitrogens with zero attached hydrogens (tertiary/aromatic N) is 3. The van der Waals surface area contributed by atoms with Crippen molar-refractivity contribution in [1.82, 2.24) is 0 Å². The molecule has 0 radical (unpaired) electrons. The summed E-state index contributed by atoms with van der Waals surface area (Å²) >= 11 is 7.62. The van der Waals surface area contributed by atoms with Gasteiger partial charge < -0.3 is 0 Å². The number of rotatable bonds is 6. The van der Waals surface area contributed by atoms with E-state index in [4.69, 9.17) is 4.99 Å². The Labute approximate surface area is 246 Å².